The monoisotopic (exact) mass is 417 g/mol. The Kier molecular flexibility index (Phi) is 5.85. The van der Waals surface area contributed by atoms with Crippen LogP contribution < -0.4 is 4.74 Å². The van der Waals surface area contributed by atoms with Crippen LogP contribution in [0.1, 0.15) is 11.1 Å². The van der Waals surface area contributed by atoms with Gasteiger partial charge in [-0.1, -0.05) is 60.7 Å². The van der Waals surface area contributed by atoms with E-state index in [1.54, 1.807) is 0 Å². The molecule has 5 heteroatoms. The van der Waals surface area contributed by atoms with Crippen LogP contribution in [0.4, 0.5) is 18.9 Å². The molecule has 0 atom stereocenters. The van der Waals surface area contributed by atoms with Crippen LogP contribution in [0.2, 0.25) is 0 Å². The number of aliphatic imine (C=N–C) groups is 1. The summed E-state index contributed by atoms with van der Waals surface area (Å²) in [5.41, 5.74) is 2.72. The van der Waals surface area contributed by atoms with Crippen molar-refractivity contribution in [1.82, 2.24) is 0 Å². The topological polar surface area (TPSA) is 21.6 Å². The van der Waals surface area contributed by atoms with Crippen LogP contribution in [0.15, 0.2) is 96.0 Å². The Bertz CT molecular complexity index is 1180. The zero-order chi connectivity index (χ0) is 21.8. The first-order chi connectivity index (χ1) is 15.0. The quantitative estimate of drug-likeness (QED) is 0.322. The van der Waals surface area contributed by atoms with Crippen LogP contribution in [0.3, 0.4) is 0 Å². The molecule has 0 fully saturated rings. The van der Waals surface area contributed by atoms with Gasteiger partial charge in [-0.05, 0) is 23.8 Å². The van der Waals surface area contributed by atoms with Gasteiger partial charge >= 0.3 is 0 Å². The number of benzene rings is 4. The lowest BCUT2D eigenvalue weighted by Crippen LogP contribution is -2.03. The van der Waals surface area contributed by atoms with Gasteiger partial charge in [0.2, 0.25) is 0 Å². The molecule has 31 heavy (non-hydrogen) atoms. The van der Waals surface area contributed by atoms with Crippen molar-refractivity contribution in [3.05, 3.63) is 120 Å². The molecule has 0 radical (unpaired) electrons. The molecule has 0 spiro atoms. The van der Waals surface area contributed by atoms with Gasteiger partial charge in [0, 0.05) is 28.8 Å². The smallest absolute Gasteiger partial charge is 0.145 e. The Morgan fingerprint density at radius 1 is 0.710 bits per heavy atom. The summed E-state index contributed by atoms with van der Waals surface area (Å²) >= 11 is 0. The highest BCUT2D eigenvalue weighted by molar-refractivity contribution is 6.14. The SMILES string of the molecule is COc1cc(-c2cc(F)cc(F)c2)c(F)cc1N=C(c1ccccc1)c1ccccc1. The molecule has 0 aliphatic rings. The van der Waals surface area contributed by atoms with E-state index in [4.69, 9.17) is 9.73 Å². The first-order valence-electron chi connectivity index (χ1n) is 9.58. The maximum atomic E-state index is 15.0. The zero-order valence-corrected chi connectivity index (χ0v) is 16.6. The largest absolute Gasteiger partial charge is 0.494 e. The number of rotatable bonds is 5. The summed E-state index contributed by atoms with van der Waals surface area (Å²) in [6.07, 6.45) is 0. The van der Waals surface area contributed by atoms with E-state index < -0.39 is 17.5 Å². The predicted molar refractivity (Wildman–Crippen MR) is 116 cm³/mol. The first kappa shape index (κ1) is 20.4. The van der Waals surface area contributed by atoms with E-state index in [2.05, 4.69) is 0 Å². The van der Waals surface area contributed by atoms with Crippen molar-refractivity contribution in [3.8, 4) is 16.9 Å². The number of methoxy groups -OCH3 is 1. The first-order valence-corrected chi connectivity index (χ1v) is 9.58. The van der Waals surface area contributed by atoms with Gasteiger partial charge in [0.05, 0.1) is 12.8 Å². The van der Waals surface area contributed by atoms with Crippen LogP contribution >= 0.6 is 0 Å². The number of halogens is 3. The van der Waals surface area contributed by atoms with Crippen LogP contribution in [-0.4, -0.2) is 12.8 Å². The molecule has 4 aromatic carbocycles. The van der Waals surface area contributed by atoms with Crippen molar-refractivity contribution >= 4 is 11.4 Å². The maximum absolute atomic E-state index is 15.0. The Morgan fingerprint density at radius 3 is 1.77 bits per heavy atom. The van der Waals surface area contributed by atoms with Gasteiger partial charge in [-0.15, -0.1) is 0 Å². The number of ether oxygens (including phenoxy) is 1. The van der Waals surface area contributed by atoms with E-state index in [0.29, 0.717) is 5.71 Å². The summed E-state index contributed by atoms with van der Waals surface area (Å²) in [6, 6.07) is 24.5. The molecule has 154 valence electrons. The van der Waals surface area contributed by atoms with E-state index in [1.165, 1.54) is 19.2 Å². The lowest BCUT2D eigenvalue weighted by atomic mass is 10.0. The average molecular weight is 417 g/mol. The molecular formula is C26H18F3NO. The molecule has 0 aliphatic heterocycles. The molecule has 0 saturated heterocycles. The zero-order valence-electron chi connectivity index (χ0n) is 16.6. The molecule has 0 amide bonds. The normalized spacial score (nSPS) is 10.6. The van der Waals surface area contributed by atoms with E-state index in [9.17, 15) is 8.78 Å². The molecule has 0 N–H and O–H groups in total. The minimum atomic E-state index is -0.786. The second kappa shape index (κ2) is 8.88. The van der Waals surface area contributed by atoms with Crippen LogP contribution in [0.5, 0.6) is 5.75 Å². The minimum Gasteiger partial charge on any atom is -0.494 e. The summed E-state index contributed by atoms with van der Waals surface area (Å²) in [4.78, 5) is 4.70. The summed E-state index contributed by atoms with van der Waals surface area (Å²) in [5.74, 6) is -1.95. The molecule has 0 unspecified atom stereocenters. The molecule has 0 saturated carbocycles. The average Bonchev–Trinajstić information content (AvgIpc) is 2.78. The van der Waals surface area contributed by atoms with Crippen molar-refractivity contribution in [2.45, 2.75) is 0 Å². The fourth-order valence-electron chi connectivity index (χ4n) is 3.33. The number of nitrogens with zero attached hydrogens (tertiary/aromatic N) is 1. The fourth-order valence-corrected chi connectivity index (χ4v) is 3.33. The van der Waals surface area contributed by atoms with Gasteiger partial charge in [-0.25, -0.2) is 18.2 Å². The van der Waals surface area contributed by atoms with Gasteiger partial charge in [-0.3, -0.25) is 0 Å². The van der Waals surface area contributed by atoms with Crippen LogP contribution in [-0.2, 0) is 0 Å². The summed E-state index contributed by atoms with van der Waals surface area (Å²) in [7, 11) is 1.44. The van der Waals surface area contributed by atoms with E-state index in [1.807, 2.05) is 60.7 Å². The molecular weight excluding hydrogens is 399 g/mol. The second-order valence-electron chi connectivity index (χ2n) is 6.85. The standard InChI is InChI=1S/C26H18F3NO/c1-31-25-15-22(19-12-20(27)14-21(28)13-19)23(29)16-24(25)30-26(17-8-4-2-5-9-17)18-10-6-3-7-11-18/h2-16H,1H3. The highest BCUT2D eigenvalue weighted by Crippen LogP contribution is 2.36. The molecule has 4 aromatic rings. The third-order valence-corrected chi connectivity index (χ3v) is 4.77. The minimum absolute atomic E-state index is 0.0233. The van der Waals surface area contributed by atoms with Crippen molar-refractivity contribution in [2.24, 2.45) is 4.99 Å². The van der Waals surface area contributed by atoms with E-state index in [-0.39, 0.29) is 22.6 Å². The Hall–Kier alpha value is -3.86. The highest BCUT2D eigenvalue weighted by Gasteiger charge is 2.15. The van der Waals surface area contributed by atoms with Crippen molar-refractivity contribution < 1.29 is 17.9 Å². The van der Waals surface area contributed by atoms with Crippen molar-refractivity contribution in [3.63, 3.8) is 0 Å². The van der Waals surface area contributed by atoms with Crippen LogP contribution in [0, 0.1) is 17.5 Å². The van der Waals surface area contributed by atoms with Gasteiger partial charge in [0.15, 0.2) is 0 Å². The van der Waals surface area contributed by atoms with Crippen molar-refractivity contribution in [1.29, 1.82) is 0 Å². The molecule has 0 bridgehead atoms. The fraction of sp³-hybridized carbons (Fsp3) is 0.0385. The molecule has 2 nitrogen and oxygen atoms in total. The molecule has 0 aromatic heterocycles. The van der Waals surface area contributed by atoms with Crippen molar-refractivity contribution in [2.75, 3.05) is 7.11 Å². The molecule has 0 aliphatic carbocycles. The van der Waals surface area contributed by atoms with Gasteiger partial charge in [0.25, 0.3) is 0 Å². The lowest BCUT2D eigenvalue weighted by Gasteiger charge is -2.12. The lowest BCUT2D eigenvalue weighted by molar-refractivity contribution is 0.415. The Balaban J connectivity index is 1.88. The Morgan fingerprint density at radius 2 is 1.26 bits per heavy atom. The summed E-state index contributed by atoms with van der Waals surface area (Å²) in [5, 5.41) is 0. The third-order valence-electron chi connectivity index (χ3n) is 4.77. The Labute approximate surface area is 178 Å². The predicted octanol–water partition coefficient (Wildman–Crippen LogP) is 6.95. The second-order valence-corrected chi connectivity index (χ2v) is 6.85. The van der Waals surface area contributed by atoms with Gasteiger partial charge in [-0.2, -0.15) is 0 Å². The summed E-state index contributed by atoms with van der Waals surface area (Å²) in [6.45, 7) is 0. The maximum Gasteiger partial charge on any atom is 0.145 e. The van der Waals surface area contributed by atoms with E-state index >= 15 is 4.39 Å². The van der Waals surface area contributed by atoms with Gasteiger partial charge in [0.1, 0.15) is 28.9 Å². The third kappa shape index (κ3) is 4.51. The number of hydrogen-bond donors (Lipinski definition) is 0. The van der Waals surface area contributed by atoms with Gasteiger partial charge < -0.3 is 4.74 Å². The summed E-state index contributed by atoms with van der Waals surface area (Å²) < 4.78 is 47.7. The molecule has 0 heterocycles. The van der Waals surface area contributed by atoms with E-state index in [0.717, 1.165) is 29.3 Å². The molecule has 4 rings (SSSR count). The number of hydrogen-bond acceptors (Lipinski definition) is 2. The van der Waals surface area contributed by atoms with Crippen LogP contribution in [0.25, 0.3) is 11.1 Å². The highest BCUT2D eigenvalue weighted by atomic mass is 19.1.